The molecule has 108 valence electrons. The van der Waals surface area contributed by atoms with Gasteiger partial charge < -0.3 is 9.84 Å². The minimum atomic E-state index is -0.598. The third-order valence-electron chi connectivity index (χ3n) is 3.51. The minimum absolute atomic E-state index is 0.100. The Labute approximate surface area is 117 Å². The molecule has 1 aromatic carbocycles. The van der Waals surface area contributed by atoms with Crippen molar-refractivity contribution in [2.75, 3.05) is 7.11 Å². The van der Waals surface area contributed by atoms with Crippen molar-refractivity contribution in [3.63, 3.8) is 0 Å². The number of aliphatic hydroxyl groups is 1. The van der Waals surface area contributed by atoms with Crippen molar-refractivity contribution in [1.82, 2.24) is 0 Å². The summed E-state index contributed by atoms with van der Waals surface area (Å²) < 4.78 is 5.48. The molecule has 0 spiro atoms. The lowest BCUT2D eigenvalue weighted by Crippen LogP contribution is -2.34. The van der Waals surface area contributed by atoms with E-state index < -0.39 is 6.10 Å². The first-order chi connectivity index (χ1) is 8.57. The number of ether oxygens (including phenoxy) is 1. The highest BCUT2D eigenvalue weighted by molar-refractivity contribution is 5.29. The number of methoxy groups -OCH3 is 1. The summed E-state index contributed by atoms with van der Waals surface area (Å²) >= 11 is 0. The summed E-state index contributed by atoms with van der Waals surface area (Å²) in [5, 5.41) is 10.5. The average molecular weight is 264 g/mol. The smallest absolute Gasteiger partial charge is 0.106 e. The van der Waals surface area contributed by atoms with Crippen molar-refractivity contribution in [2.24, 2.45) is 5.41 Å². The van der Waals surface area contributed by atoms with E-state index in [1.807, 2.05) is 12.1 Å². The Morgan fingerprint density at radius 2 is 1.42 bits per heavy atom. The Bertz CT molecular complexity index is 393. The lowest BCUT2D eigenvalue weighted by molar-refractivity contribution is -0.0724. The molecule has 0 fully saturated rings. The fourth-order valence-electron chi connectivity index (χ4n) is 2.31. The summed E-state index contributed by atoms with van der Waals surface area (Å²) in [6, 6.07) is 8.19. The van der Waals surface area contributed by atoms with E-state index >= 15 is 0 Å². The van der Waals surface area contributed by atoms with Gasteiger partial charge in [-0.3, -0.25) is 0 Å². The van der Waals surface area contributed by atoms with Crippen LogP contribution in [0.5, 0.6) is 0 Å². The Balaban J connectivity index is 2.98. The van der Waals surface area contributed by atoms with Gasteiger partial charge in [0, 0.05) is 7.11 Å². The maximum Gasteiger partial charge on any atom is 0.106 e. The molecule has 0 saturated carbocycles. The van der Waals surface area contributed by atoms with Crippen LogP contribution in [0.1, 0.15) is 58.8 Å². The summed E-state index contributed by atoms with van der Waals surface area (Å²) in [5.41, 5.74) is 2.22. The second kappa shape index (κ2) is 5.64. The van der Waals surface area contributed by atoms with E-state index in [1.165, 1.54) is 5.56 Å². The topological polar surface area (TPSA) is 29.5 Å². The van der Waals surface area contributed by atoms with Crippen molar-refractivity contribution < 1.29 is 9.84 Å². The molecule has 0 aliphatic carbocycles. The van der Waals surface area contributed by atoms with Crippen molar-refractivity contribution in [3.8, 4) is 0 Å². The molecule has 2 heteroatoms. The Morgan fingerprint density at radius 3 is 1.74 bits per heavy atom. The monoisotopic (exact) mass is 264 g/mol. The highest BCUT2D eigenvalue weighted by Crippen LogP contribution is 2.33. The van der Waals surface area contributed by atoms with E-state index in [2.05, 4.69) is 53.7 Å². The predicted octanol–water partition coefficient (Wildman–Crippen LogP) is 4.08. The zero-order valence-electron chi connectivity index (χ0n) is 13.3. The lowest BCUT2D eigenvalue weighted by atomic mass is 9.82. The molecular formula is C17H28O2. The lowest BCUT2D eigenvalue weighted by Gasteiger charge is -2.33. The normalized spacial score (nSPS) is 16.2. The van der Waals surface area contributed by atoms with E-state index in [4.69, 9.17) is 4.74 Å². The molecular weight excluding hydrogens is 236 g/mol. The van der Waals surface area contributed by atoms with Gasteiger partial charge in [0.05, 0.1) is 6.10 Å². The number of hydrogen-bond donors (Lipinski definition) is 1. The fraction of sp³-hybridized carbons (Fsp3) is 0.647. The number of benzene rings is 1. The molecule has 19 heavy (non-hydrogen) atoms. The van der Waals surface area contributed by atoms with E-state index in [0.29, 0.717) is 0 Å². The van der Waals surface area contributed by atoms with Gasteiger partial charge in [-0.2, -0.15) is 0 Å². The molecule has 0 saturated heterocycles. The summed E-state index contributed by atoms with van der Waals surface area (Å²) in [6.45, 7) is 12.8. The molecule has 2 unspecified atom stereocenters. The van der Waals surface area contributed by atoms with Crippen LogP contribution in [0, 0.1) is 5.41 Å². The summed E-state index contributed by atoms with van der Waals surface area (Å²) in [6.07, 6.45) is -0.813. The maximum atomic E-state index is 10.5. The number of hydrogen-bond acceptors (Lipinski definition) is 2. The van der Waals surface area contributed by atoms with Gasteiger partial charge in [0.15, 0.2) is 0 Å². The van der Waals surface area contributed by atoms with Crippen molar-refractivity contribution in [3.05, 3.63) is 35.4 Å². The molecule has 2 atom stereocenters. The molecule has 1 N–H and O–H groups in total. The van der Waals surface area contributed by atoms with Crippen LogP contribution in [0.3, 0.4) is 0 Å². The summed E-state index contributed by atoms with van der Waals surface area (Å²) in [5.74, 6) is 0. The van der Waals surface area contributed by atoms with Gasteiger partial charge in [-0.1, -0.05) is 65.8 Å². The van der Waals surface area contributed by atoms with E-state index in [9.17, 15) is 5.11 Å². The van der Waals surface area contributed by atoms with Crippen molar-refractivity contribution in [1.29, 1.82) is 0 Å². The van der Waals surface area contributed by atoms with Gasteiger partial charge in [0.1, 0.15) is 6.10 Å². The second-order valence-electron chi connectivity index (χ2n) is 7.34. The van der Waals surface area contributed by atoms with Crippen LogP contribution in [0.4, 0.5) is 0 Å². The summed E-state index contributed by atoms with van der Waals surface area (Å²) in [7, 11) is 1.66. The van der Waals surface area contributed by atoms with Crippen LogP contribution in [0.15, 0.2) is 24.3 Å². The fourth-order valence-corrected chi connectivity index (χ4v) is 2.31. The Morgan fingerprint density at radius 1 is 0.947 bits per heavy atom. The largest absolute Gasteiger partial charge is 0.386 e. The van der Waals surface area contributed by atoms with Crippen LogP contribution < -0.4 is 0 Å². The number of aliphatic hydroxyl groups excluding tert-OH is 1. The van der Waals surface area contributed by atoms with Gasteiger partial charge in [-0.25, -0.2) is 0 Å². The standard InChI is InChI=1S/C17H28O2/c1-16(2,3)13-10-8-12(9-11-13)14(18)15(19-7)17(4,5)6/h8-11,14-15,18H,1-7H3. The quantitative estimate of drug-likeness (QED) is 0.891. The molecule has 0 bridgehead atoms. The minimum Gasteiger partial charge on any atom is -0.386 e. The molecule has 0 aromatic heterocycles. The molecule has 0 aliphatic rings. The molecule has 0 heterocycles. The van der Waals surface area contributed by atoms with E-state index in [0.717, 1.165) is 5.56 Å². The highest BCUT2D eigenvalue weighted by atomic mass is 16.5. The van der Waals surface area contributed by atoms with Crippen molar-refractivity contribution >= 4 is 0 Å². The van der Waals surface area contributed by atoms with Crippen LogP contribution in [-0.2, 0) is 10.2 Å². The van der Waals surface area contributed by atoms with E-state index in [1.54, 1.807) is 7.11 Å². The van der Waals surface area contributed by atoms with E-state index in [-0.39, 0.29) is 16.9 Å². The average Bonchev–Trinajstić information content (AvgIpc) is 2.27. The maximum absolute atomic E-state index is 10.5. The molecule has 1 aromatic rings. The van der Waals surface area contributed by atoms with Crippen LogP contribution >= 0.6 is 0 Å². The number of rotatable bonds is 3. The van der Waals surface area contributed by atoms with Gasteiger partial charge >= 0.3 is 0 Å². The van der Waals surface area contributed by atoms with Crippen LogP contribution in [0.2, 0.25) is 0 Å². The zero-order valence-corrected chi connectivity index (χ0v) is 13.3. The Hall–Kier alpha value is -0.860. The van der Waals surface area contributed by atoms with Gasteiger partial charge in [0.25, 0.3) is 0 Å². The molecule has 1 rings (SSSR count). The highest BCUT2D eigenvalue weighted by Gasteiger charge is 2.32. The molecule has 0 radical (unpaired) electrons. The zero-order chi connectivity index (χ0) is 14.8. The predicted molar refractivity (Wildman–Crippen MR) is 80.4 cm³/mol. The first kappa shape index (κ1) is 16.2. The molecule has 0 aliphatic heterocycles. The summed E-state index contributed by atoms with van der Waals surface area (Å²) in [4.78, 5) is 0. The Kier molecular flexibility index (Phi) is 4.81. The first-order valence-electron chi connectivity index (χ1n) is 6.88. The van der Waals surface area contributed by atoms with Gasteiger partial charge in [-0.05, 0) is 22.0 Å². The van der Waals surface area contributed by atoms with Gasteiger partial charge in [0.2, 0.25) is 0 Å². The van der Waals surface area contributed by atoms with Crippen molar-refractivity contribution in [2.45, 2.75) is 59.2 Å². The molecule has 0 amide bonds. The third-order valence-corrected chi connectivity index (χ3v) is 3.51. The van der Waals surface area contributed by atoms with Crippen LogP contribution in [0.25, 0.3) is 0 Å². The third kappa shape index (κ3) is 4.05. The van der Waals surface area contributed by atoms with Gasteiger partial charge in [-0.15, -0.1) is 0 Å². The van der Waals surface area contributed by atoms with Crippen LogP contribution in [-0.4, -0.2) is 18.3 Å². The molecule has 2 nitrogen and oxygen atoms in total. The second-order valence-corrected chi connectivity index (χ2v) is 7.34. The SMILES string of the molecule is COC(C(O)c1ccc(C(C)(C)C)cc1)C(C)(C)C. The first-order valence-corrected chi connectivity index (χ1v) is 6.88.